The molecule has 2 aromatic rings. The van der Waals surface area contributed by atoms with Gasteiger partial charge in [-0.25, -0.2) is 9.98 Å². The predicted molar refractivity (Wildman–Crippen MR) is 117 cm³/mol. The van der Waals surface area contributed by atoms with E-state index in [0.717, 1.165) is 24.1 Å². The minimum atomic E-state index is 0. The summed E-state index contributed by atoms with van der Waals surface area (Å²) in [5.41, 5.74) is 10.3. The van der Waals surface area contributed by atoms with Gasteiger partial charge in [-0.15, -0.1) is 24.0 Å². The number of halogens is 1. The van der Waals surface area contributed by atoms with Crippen molar-refractivity contribution in [2.75, 3.05) is 5.32 Å². The fraction of sp³-hybridized carbons (Fsp3) is 0.400. The second-order valence-electron chi connectivity index (χ2n) is 6.69. The highest BCUT2D eigenvalue weighted by Crippen LogP contribution is 2.25. The fourth-order valence-electron chi connectivity index (χ4n) is 3.22. The number of aromatic nitrogens is 1. The molecule has 1 fully saturated rings. The Morgan fingerprint density at radius 1 is 1.23 bits per heavy atom. The first-order valence-electron chi connectivity index (χ1n) is 8.86. The first-order chi connectivity index (χ1) is 12.1. The number of aliphatic imine (C=N–C) groups is 1. The van der Waals surface area contributed by atoms with E-state index in [0.29, 0.717) is 18.4 Å². The van der Waals surface area contributed by atoms with Gasteiger partial charge in [-0.1, -0.05) is 12.1 Å². The summed E-state index contributed by atoms with van der Waals surface area (Å²) in [7, 11) is 0. The van der Waals surface area contributed by atoms with Gasteiger partial charge >= 0.3 is 0 Å². The van der Waals surface area contributed by atoms with Crippen LogP contribution in [0.5, 0.6) is 5.88 Å². The van der Waals surface area contributed by atoms with E-state index in [1.165, 1.54) is 24.0 Å². The minimum Gasteiger partial charge on any atom is -0.474 e. The highest BCUT2D eigenvalue weighted by atomic mass is 127. The van der Waals surface area contributed by atoms with Gasteiger partial charge in [0.2, 0.25) is 5.88 Å². The van der Waals surface area contributed by atoms with E-state index in [1.54, 1.807) is 6.20 Å². The maximum atomic E-state index is 6.05. The number of ether oxygens (including phenoxy) is 1. The summed E-state index contributed by atoms with van der Waals surface area (Å²) in [6.45, 7) is 4.57. The van der Waals surface area contributed by atoms with Crippen LogP contribution in [0.15, 0.2) is 41.5 Å². The molecule has 0 bridgehead atoms. The number of aryl methyl sites for hydroxylation is 2. The van der Waals surface area contributed by atoms with Gasteiger partial charge in [-0.2, -0.15) is 0 Å². The molecule has 3 rings (SSSR count). The number of nitrogens with zero attached hydrogens (tertiary/aromatic N) is 2. The lowest BCUT2D eigenvalue weighted by atomic mass is 10.1. The Hall–Kier alpha value is -1.83. The molecule has 1 heterocycles. The molecule has 0 spiro atoms. The van der Waals surface area contributed by atoms with E-state index < -0.39 is 0 Å². The summed E-state index contributed by atoms with van der Waals surface area (Å²) < 4.78 is 6.05. The maximum Gasteiger partial charge on any atom is 0.218 e. The molecule has 5 nitrogen and oxygen atoms in total. The van der Waals surface area contributed by atoms with Crippen LogP contribution in [0, 0.1) is 13.8 Å². The van der Waals surface area contributed by atoms with Gasteiger partial charge in [0.1, 0.15) is 6.10 Å². The first kappa shape index (κ1) is 20.5. The number of anilines is 1. The number of benzene rings is 1. The van der Waals surface area contributed by atoms with Gasteiger partial charge in [0.05, 0.1) is 6.54 Å². The van der Waals surface area contributed by atoms with Crippen LogP contribution in [0.4, 0.5) is 5.69 Å². The molecule has 1 aromatic heterocycles. The lowest BCUT2D eigenvalue weighted by molar-refractivity contribution is 0.199. The molecule has 1 aromatic carbocycles. The van der Waals surface area contributed by atoms with Crippen molar-refractivity contribution >= 4 is 35.6 Å². The molecule has 3 N–H and O–H groups in total. The van der Waals surface area contributed by atoms with Crippen molar-refractivity contribution in [3.63, 3.8) is 0 Å². The topological polar surface area (TPSA) is 72.5 Å². The molecule has 140 valence electrons. The highest BCUT2D eigenvalue weighted by molar-refractivity contribution is 14.0. The third kappa shape index (κ3) is 5.86. The maximum absolute atomic E-state index is 6.05. The van der Waals surface area contributed by atoms with Gasteiger partial charge in [-0.3, -0.25) is 0 Å². The van der Waals surface area contributed by atoms with E-state index in [2.05, 4.69) is 35.2 Å². The molecule has 0 saturated heterocycles. The third-order valence-electron chi connectivity index (χ3n) is 4.34. The average Bonchev–Trinajstić information content (AvgIpc) is 3.06. The summed E-state index contributed by atoms with van der Waals surface area (Å²) >= 11 is 0. The number of nitrogens with two attached hydrogens (primary N) is 1. The Morgan fingerprint density at radius 2 is 1.92 bits per heavy atom. The normalized spacial score (nSPS) is 14.8. The number of hydrogen-bond acceptors (Lipinski definition) is 3. The van der Waals surface area contributed by atoms with Gasteiger partial charge in [0.15, 0.2) is 5.96 Å². The third-order valence-corrected chi connectivity index (χ3v) is 4.34. The van der Waals surface area contributed by atoms with Crippen LogP contribution in [0.2, 0.25) is 0 Å². The molecule has 1 aliphatic rings. The van der Waals surface area contributed by atoms with E-state index >= 15 is 0 Å². The monoisotopic (exact) mass is 466 g/mol. The van der Waals surface area contributed by atoms with E-state index in [4.69, 9.17) is 10.5 Å². The van der Waals surface area contributed by atoms with E-state index in [1.807, 2.05) is 24.3 Å². The first-order valence-corrected chi connectivity index (χ1v) is 8.86. The van der Waals surface area contributed by atoms with E-state index in [9.17, 15) is 0 Å². The van der Waals surface area contributed by atoms with E-state index in [-0.39, 0.29) is 30.1 Å². The van der Waals surface area contributed by atoms with Gasteiger partial charge in [-0.05, 0) is 68.9 Å². The average molecular weight is 466 g/mol. The van der Waals surface area contributed by atoms with Crippen LogP contribution in [0.3, 0.4) is 0 Å². The summed E-state index contributed by atoms with van der Waals surface area (Å²) in [6, 6.07) is 10.1. The molecule has 0 aliphatic heterocycles. The molecule has 0 atom stereocenters. The number of rotatable bonds is 5. The Balaban J connectivity index is 0.00000243. The largest absolute Gasteiger partial charge is 0.474 e. The Kier molecular flexibility index (Phi) is 7.68. The molecule has 0 amide bonds. The quantitative estimate of drug-likeness (QED) is 0.385. The molecule has 26 heavy (non-hydrogen) atoms. The van der Waals surface area contributed by atoms with Crippen molar-refractivity contribution < 1.29 is 4.74 Å². The van der Waals surface area contributed by atoms with Crippen LogP contribution in [-0.2, 0) is 6.54 Å². The molecule has 1 aliphatic carbocycles. The highest BCUT2D eigenvalue weighted by Gasteiger charge is 2.18. The van der Waals surface area contributed by atoms with Gasteiger partial charge in [0, 0.05) is 17.4 Å². The smallest absolute Gasteiger partial charge is 0.218 e. The van der Waals surface area contributed by atoms with Gasteiger partial charge < -0.3 is 15.8 Å². The number of nitrogens with one attached hydrogen (secondary N) is 1. The van der Waals surface area contributed by atoms with Crippen LogP contribution >= 0.6 is 24.0 Å². The van der Waals surface area contributed by atoms with Crippen molar-refractivity contribution in [1.29, 1.82) is 0 Å². The number of hydrogen-bond donors (Lipinski definition) is 2. The molecular formula is C20H27IN4O. The summed E-state index contributed by atoms with van der Waals surface area (Å²) in [5, 5.41) is 3.15. The zero-order valence-electron chi connectivity index (χ0n) is 15.4. The minimum absolute atomic E-state index is 0. The second kappa shape index (κ2) is 9.75. The van der Waals surface area contributed by atoms with Crippen molar-refractivity contribution in [2.45, 2.75) is 52.2 Å². The Labute approximate surface area is 172 Å². The fourth-order valence-corrected chi connectivity index (χ4v) is 3.22. The lowest BCUT2D eigenvalue weighted by Gasteiger charge is -2.14. The van der Waals surface area contributed by atoms with Crippen LogP contribution in [0.25, 0.3) is 0 Å². The summed E-state index contributed by atoms with van der Waals surface area (Å²) in [5.74, 6) is 1.07. The van der Waals surface area contributed by atoms with Crippen LogP contribution < -0.4 is 15.8 Å². The van der Waals surface area contributed by atoms with Crippen molar-refractivity contribution in [2.24, 2.45) is 10.7 Å². The summed E-state index contributed by atoms with van der Waals surface area (Å²) in [4.78, 5) is 8.82. The SMILES string of the molecule is Cc1cc(C)cc(NC(N)=NCc2cccnc2OC2CCCC2)c1.I. The standard InChI is InChI=1S/C20H26N4O.HI/c1-14-10-15(2)12-17(11-14)24-20(21)23-13-16-6-5-9-22-19(16)25-18-7-3-4-8-18;/h5-6,9-12,18H,3-4,7-8,13H2,1-2H3,(H3,21,23,24);1H. The van der Waals surface area contributed by atoms with Crippen molar-refractivity contribution in [3.05, 3.63) is 53.2 Å². The molecule has 1 saturated carbocycles. The lowest BCUT2D eigenvalue weighted by Crippen LogP contribution is -2.22. The number of pyridine rings is 1. The van der Waals surface area contributed by atoms with Gasteiger partial charge in [0.25, 0.3) is 0 Å². The zero-order valence-corrected chi connectivity index (χ0v) is 17.7. The molecule has 0 unspecified atom stereocenters. The van der Waals surface area contributed by atoms with Crippen LogP contribution in [0.1, 0.15) is 42.4 Å². The zero-order chi connectivity index (χ0) is 17.6. The summed E-state index contributed by atoms with van der Waals surface area (Å²) in [6.07, 6.45) is 6.72. The Morgan fingerprint density at radius 3 is 2.62 bits per heavy atom. The van der Waals surface area contributed by atoms with Crippen molar-refractivity contribution in [3.8, 4) is 5.88 Å². The molecular weight excluding hydrogens is 439 g/mol. The van der Waals surface area contributed by atoms with Crippen molar-refractivity contribution in [1.82, 2.24) is 4.98 Å². The molecule has 0 radical (unpaired) electrons. The number of guanidine groups is 1. The predicted octanol–water partition coefficient (Wildman–Crippen LogP) is 4.56. The second-order valence-corrected chi connectivity index (χ2v) is 6.69. The van der Waals surface area contributed by atoms with Crippen LogP contribution in [-0.4, -0.2) is 17.0 Å². The molecule has 6 heteroatoms. The Bertz CT molecular complexity index is 737.